The Labute approximate surface area is 69.3 Å². The van der Waals surface area contributed by atoms with Gasteiger partial charge in [0.25, 0.3) is 0 Å². The molecule has 0 aliphatic heterocycles. The summed E-state index contributed by atoms with van der Waals surface area (Å²) >= 11 is 0. The molecule has 3 heteroatoms. The number of rotatable bonds is 5. The van der Waals surface area contributed by atoms with Gasteiger partial charge in [-0.05, 0) is 13.1 Å². The highest BCUT2D eigenvalue weighted by Gasteiger charge is 2.10. The molecule has 0 atom stereocenters. The zero-order valence-corrected chi connectivity index (χ0v) is 9.57. The fraction of sp³-hybridized carbons (Fsp3) is 1.00. The number of hydrogen-bond acceptors (Lipinski definition) is 1. The minimum atomic E-state index is -0.135. The molecule has 1 nitrogen and oxygen atoms in total. The van der Waals surface area contributed by atoms with Gasteiger partial charge in [-0.3, -0.25) is 0 Å². The molecular formula is C7H18NSi2. The second-order valence-electron chi connectivity index (χ2n) is 2.44. The maximum atomic E-state index is 2.61. The van der Waals surface area contributed by atoms with Crippen molar-refractivity contribution in [2.75, 3.05) is 13.1 Å². The van der Waals surface area contributed by atoms with Gasteiger partial charge in [-0.15, -0.1) is 0 Å². The minimum absolute atomic E-state index is 0.135. The van der Waals surface area contributed by atoms with Crippen LogP contribution < -0.4 is 0 Å². The second-order valence-corrected chi connectivity index (χ2v) is 6.66. The normalized spacial score (nSPS) is 11.4. The number of hydrogen-bond donors (Lipinski definition) is 0. The van der Waals surface area contributed by atoms with Gasteiger partial charge in [0.1, 0.15) is 8.96 Å². The largest absolute Gasteiger partial charge is 0.325 e. The van der Waals surface area contributed by atoms with E-state index in [9.17, 15) is 0 Å². The zero-order valence-electron chi connectivity index (χ0n) is 7.57. The van der Waals surface area contributed by atoms with Gasteiger partial charge < -0.3 is 4.57 Å². The fourth-order valence-corrected chi connectivity index (χ4v) is 5.15. The summed E-state index contributed by atoms with van der Waals surface area (Å²) in [5.41, 5.74) is 1.46. The van der Waals surface area contributed by atoms with Crippen LogP contribution in [0, 0.1) is 0 Å². The molecule has 0 aromatic heterocycles. The van der Waals surface area contributed by atoms with Crippen molar-refractivity contribution >= 4 is 18.5 Å². The van der Waals surface area contributed by atoms with Gasteiger partial charge in [0, 0.05) is 9.52 Å². The van der Waals surface area contributed by atoms with Crippen molar-refractivity contribution in [2.45, 2.75) is 32.6 Å². The van der Waals surface area contributed by atoms with E-state index in [0.29, 0.717) is 0 Å². The first-order valence-electron chi connectivity index (χ1n) is 3.98. The van der Waals surface area contributed by atoms with Gasteiger partial charge >= 0.3 is 0 Å². The van der Waals surface area contributed by atoms with Crippen molar-refractivity contribution in [3.05, 3.63) is 0 Å². The van der Waals surface area contributed by atoms with Crippen LogP contribution in [0.4, 0.5) is 0 Å². The highest BCUT2D eigenvalue weighted by Crippen LogP contribution is 1.98. The van der Waals surface area contributed by atoms with Crippen molar-refractivity contribution < 1.29 is 0 Å². The maximum absolute atomic E-state index is 2.61. The third kappa shape index (κ3) is 3.53. The Hall–Kier alpha value is 0.394. The van der Waals surface area contributed by atoms with Crippen LogP contribution in [0.1, 0.15) is 13.8 Å². The lowest BCUT2D eigenvalue weighted by Gasteiger charge is -2.23. The molecule has 0 unspecified atom stereocenters. The molecule has 0 aromatic carbocycles. The Balaban J connectivity index is 3.53. The van der Waals surface area contributed by atoms with Gasteiger partial charge in [-0.2, -0.15) is 0 Å². The van der Waals surface area contributed by atoms with Gasteiger partial charge in [-0.25, -0.2) is 0 Å². The topological polar surface area (TPSA) is 3.24 Å². The molecule has 0 bridgehead atoms. The molecule has 0 N–H and O–H groups in total. The van der Waals surface area contributed by atoms with E-state index >= 15 is 0 Å². The van der Waals surface area contributed by atoms with Crippen LogP contribution >= 0.6 is 0 Å². The van der Waals surface area contributed by atoms with E-state index in [2.05, 4.69) is 31.5 Å². The summed E-state index contributed by atoms with van der Waals surface area (Å²) in [6, 6.07) is 0. The average molecular weight is 172 g/mol. The molecule has 0 spiro atoms. The molecule has 0 aliphatic rings. The van der Waals surface area contributed by atoms with E-state index < -0.39 is 0 Å². The quantitative estimate of drug-likeness (QED) is 0.570. The molecular weight excluding hydrogens is 154 g/mol. The summed E-state index contributed by atoms with van der Waals surface area (Å²) in [6.07, 6.45) is 0. The fourth-order valence-electron chi connectivity index (χ4n) is 1.13. The van der Waals surface area contributed by atoms with E-state index in [0.717, 1.165) is 9.52 Å². The molecule has 3 radical (unpaired) electrons. The van der Waals surface area contributed by atoms with Crippen molar-refractivity contribution in [3.8, 4) is 0 Å². The third-order valence-electron chi connectivity index (χ3n) is 1.74. The summed E-state index contributed by atoms with van der Waals surface area (Å²) < 4.78 is 2.61. The molecule has 0 rings (SSSR count). The monoisotopic (exact) mass is 172 g/mol. The Morgan fingerprint density at radius 2 is 1.80 bits per heavy atom. The molecule has 0 heterocycles. The van der Waals surface area contributed by atoms with Gasteiger partial charge in [0.05, 0.1) is 0 Å². The summed E-state index contributed by atoms with van der Waals surface area (Å²) in [6.45, 7) is 11.7. The van der Waals surface area contributed by atoms with Crippen LogP contribution in [0.3, 0.4) is 0 Å². The highest BCUT2D eigenvalue weighted by molar-refractivity contribution is 6.66. The van der Waals surface area contributed by atoms with E-state index in [-0.39, 0.29) is 8.96 Å². The first-order valence-corrected chi connectivity index (χ1v) is 7.84. The molecule has 0 saturated carbocycles. The number of nitrogens with zero attached hydrogens (tertiary/aromatic N) is 1. The molecule has 0 fully saturated rings. The first-order chi connectivity index (χ1) is 4.76. The van der Waals surface area contributed by atoms with Crippen LogP contribution in [0.25, 0.3) is 0 Å². The minimum Gasteiger partial charge on any atom is -0.325 e. The average Bonchev–Trinajstić information content (AvgIpc) is 1.91. The Bertz CT molecular complexity index is 74.0. The lowest BCUT2D eigenvalue weighted by atomic mass is 10.7. The molecule has 0 aliphatic carbocycles. The van der Waals surface area contributed by atoms with Gasteiger partial charge in [0.15, 0.2) is 0 Å². The smallest absolute Gasteiger partial charge is 0.129 e. The lowest BCUT2D eigenvalue weighted by Crippen LogP contribution is -2.37. The summed E-state index contributed by atoms with van der Waals surface area (Å²) in [5.74, 6) is 0. The van der Waals surface area contributed by atoms with Crippen molar-refractivity contribution in [1.29, 1.82) is 0 Å². The van der Waals surface area contributed by atoms with E-state index in [4.69, 9.17) is 0 Å². The van der Waals surface area contributed by atoms with Gasteiger partial charge in [0.2, 0.25) is 0 Å². The molecule has 59 valence electrons. The lowest BCUT2D eigenvalue weighted by molar-refractivity contribution is 0.483. The predicted molar refractivity (Wildman–Crippen MR) is 51.0 cm³/mol. The van der Waals surface area contributed by atoms with Crippen LogP contribution in [0.5, 0.6) is 0 Å². The Morgan fingerprint density at radius 1 is 1.30 bits per heavy atom. The van der Waals surface area contributed by atoms with Crippen molar-refractivity contribution in [2.24, 2.45) is 0 Å². The molecule has 10 heavy (non-hydrogen) atoms. The van der Waals surface area contributed by atoms with Crippen LogP contribution in [-0.2, 0) is 0 Å². The van der Waals surface area contributed by atoms with Gasteiger partial charge in [-0.1, -0.05) is 32.6 Å². The first kappa shape index (κ1) is 10.4. The summed E-state index contributed by atoms with van der Waals surface area (Å²) in [5, 5.41) is 0. The van der Waals surface area contributed by atoms with E-state index in [1.165, 1.54) is 18.8 Å². The highest BCUT2D eigenvalue weighted by atomic mass is 28.3. The van der Waals surface area contributed by atoms with Crippen LogP contribution in [0.15, 0.2) is 0 Å². The SMILES string of the molecule is CCN(CC)[Si](C)C[Si]C. The molecule has 0 aromatic rings. The van der Waals surface area contributed by atoms with E-state index in [1.54, 1.807) is 0 Å². The zero-order chi connectivity index (χ0) is 7.98. The Kier molecular flexibility index (Phi) is 6.37. The standard InChI is InChI=1S/C7H18NSi2/c1-5-8(6-2)10(4)7-9-3/h5-7H2,1-4H3. The van der Waals surface area contributed by atoms with Crippen LogP contribution in [0.2, 0.25) is 18.8 Å². The summed E-state index contributed by atoms with van der Waals surface area (Å²) in [4.78, 5) is 0. The van der Waals surface area contributed by atoms with Crippen molar-refractivity contribution in [3.63, 3.8) is 0 Å². The van der Waals surface area contributed by atoms with Crippen LogP contribution in [-0.4, -0.2) is 36.1 Å². The molecule has 0 amide bonds. The summed E-state index contributed by atoms with van der Waals surface area (Å²) in [7, 11) is 1.01. The molecule has 0 saturated heterocycles. The third-order valence-corrected chi connectivity index (χ3v) is 6.91. The Morgan fingerprint density at radius 3 is 2.10 bits per heavy atom. The predicted octanol–water partition coefficient (Wildman–Crippen LogP) is 1.66. The van der Waals surface area contributed by atoms with E-state index in [1.807, 2.05) is 0 Å². The second kappa shape index (κ2) is 6.13. The maximum Gasteiger partial charge on any atom is 0.129 e. The van der Waals surface area contributed by atoms with Crippen molar-refractivity contribution in [1.82, 2.24) is 4.57 Å².